The first-order valence-electron chi connectivity index (χ1n) is 8.31. The molecule has 0 amide bonds. The average molecular weight is 342 g/mol. The van der Waals surface area contributed by atoms with Crippen LogP contribution in [0.15, 0.2) is 53.5 Å². The number of nitrogens with zero attached hydrogens (tertiary/aromatic N) is 2. The second kappa shape index (κ2) is 10.2. The van der Waals surface area contributed by atoms with E-state index < -0.39 is 4.92 Å². The van der Waals surface area contributed by atoms with E-state index in [0.29, 0.717) is 6.61 Å². The summed E-state index contributed by atoms with van der Waals surface area (Å²) in [5.74, 6) is 0.802. The zero-order valence-corrected chi connectivity index (χ0v) is 14.0. The van der Waals surface area contributed by atoms with E-state index in [0.717, 1.165) is 42.7 Å². The molecule has 0 aliphatic rings. The molecule has 25 heavy (non-hydrogen) atoms. The lowest BCUT2D eigenvalue weighted by molar-refractivity contribution is -0.384. The van der Waals surface area contributed by atoms with Gasteiger partial charge in [0.1, 0.15) is 5.75 Å². The van der Waals surface area contributed by atoms with Gasteiger partial charge in [0.05, 0.1) is 17.2 Å². The Labute approximate surface area is 146 Å². The molecule has 0 aliphatic carbocycles. The van der Waals surface area contributed by atoms with Crippen LogP contribution in [0.3, 0.4) is 0 Å². The molecule has 0 aliphatic heterocycles. The van der Waals surface area contributed by atoms with Gasteiger partial charge in [-0.05, 0) is 61.2 Å². The van der Waals surface area contributed by atoms with E-state index in [1.807, 2.05) is 24.3 Å². The highest BCUT2D eigenvalue weighted by Gasteiger charge is 2.02. The minimum atomic E-state index is -0.424. The van der Waals surface area contributed by atoms with E-state index in [1.165, 1.54) is 12.1 Å². The summed E-state index contributed by atoms with van der Waals surface area (Å²) in [5, 5.41) is 19.3. The minimum Gasteiger partial charge on any atom is -0.494 e. The summed E-state index contributed by atoms with van der Waals surface area (Å²) in [6.07, 6.45) is 5.57. The Kier molecular flexibility index (Phi) is 7.59. The maximum Gasteiger partial charge on any atom is 0.269 e. The first-order valence-corrected chi connectivity index (χ1v) is 8.31. The maximum atomic E-state index is 10.6. The van der Waals surface area contributed by atoms with E-state index in [2.05, 4.69) is 4.99 Å². The van der Waals surface area contributed by atoms with Crippen LogP contribution in [0.4, 0.5) is 11.4 Å². The molecule has 132 valence electrons. The van der Waals surface area contributed by atoms with Crippen molar-refractivity contribution in [3.05, 3.63) is 64.2 Å². The summed E-state index contributed by atoms with van der Waals surface area (Å²) in [6.45, 7) is 0.916. The molecule has 0 saturated carbocycles. The molecule has 0 fully saturated rings. The first kappa shape index (κ1) is 18.6. The van der Waals surface area contributed by atoms with Crippen molar-refractivity contribution in [1.82, 2.24) is 0 Å². The molecule has 6 nitrogen and oxygen atoms in total. The Morgan fingerprint density at radius 2 is 1.68 bits per heavy atom. The second-order valence-electron chi connectivity index (χ2n) is 5.59. The van der Waals surface area contributed by atoms with Crippen LogP contribution in [-0.2, 0) is 0 Å². The summed E-state index contributed by atoms with van der Waals surface area (Å²) in [7, 11) is 0. The predicted molar refractivity (Wildman–Crippen MR) is 97.8 cm³/mol. The first-order chi connectivity index (χ1) is 12.2. The van der Waals surface area contributed by atoms with Crippen LogP contribution in [0.2, 0.25) is 0 Å². The van der Waals surface area contributed by atoms with Crippen LogP contribution < -0.4 is 4.74 Å². The van der Waals surface area contributed by atoms with Gasteiger partial charge in [0.15, 0.2) is 0 Å². The quantitative estimate of drug-likeness (QED) is 0.302. The smallest absolute Gasteiger partial charge is 0.269 e. The van der Waals surface area contributed by atoms with Crippen molar-refractivity contribution < 1.29 is 14.8 Å². The van der Waals surface area contributed by atoms with Crippen LogP contribution >= 0.6 is 0 Å². The lowest BCUT2D eigenvalue weighted by Gasteiger charge is -2.06. The fraction of sp³-hybridized carbons (Fsp3) is 0.316. The minimum absolute atomic E-state index is 0.0648. The van der Waals surface area contributed by atoms with Crippen LogP contribution in [-0.4, -0.2) is 29.5 Å². The van der Waals surface area contributed by atoms with Gasteiger partial charge in [0, 0.05) is 25.0 Å². The summed E-state index contributed by atoms with van der Waals surface area (Å²) in [6, 6.07) is 13.7. The van der Waals surface area contributed by atoms with Crippen LogP contribution in [0.25, 0.3) is 0 Å². The molecule has 0 radical (unpaired) electrons. The lowest BCUT2D eigenvalue weighted by Crippen LogP contribution is -1.97. The Morgan fingerprint density at radius 1 is 1.00 bits per heavy atom. The number of nitro groups is 1. The molecule has 1 N–H and O–H groups in total. The van der Waals surface area contributed by atoms with E-state index in [-0.39, 0.29) is 12.3 Å². The number of hydrogen-bond donors (Lipinski definition) is 1. The van der Waals surface area contributed by atoms with E-state index in [1.54, 1.807) is 18.3 Å². The third-order valence-corrected chi connectivity index (χ3v) is 3.62. The number of aliphatic imine (C=N–C) groups is 1. The van der Waals surface area contributed by atoms with Crippen LogP contribution in [0, 0.1) is 10.1 Å². The molecule has 2 aromatic rings. The lowest BCUT2D eigenvalue weighted by atomic mass is 10.2. The van der Waals surface area contributed by atoms with E-state index in [9.17, 15) is 10.1 Å². The van der Waals surface area contributed by atoms with Gasteiger partial charge in [0.25, 0.3) is 5.69 Å². The number of hydrogen-bond acceptors (Lipinski definition) is 5. The van der Waals surface area contributed by atoms with Crippen molar-refractivity contribution in [3.63, 3.8) is 0 Å². The number of benzene rings is 2. The highest BCUT2D eigenvalue weighted by Crippen LogP contribution is 2.19. The molecule has 0 bridgehead atoms. The Morgan fingerprint density at radius 3 is 2.32 bits per heavy atom. The fourth-order valence-electron chi connectivity index (χ4n) is 2.22. The number of ether oxygens (including phenoxy) is 1. The molecule has 0 spiro atoms. The predicted octanol–water partition coefficient (Wildman–Crippen LogP) is 4.28. The normalized spacial score (nSPS) is 10.9. The van der Waals surface area contributed by atoms with E-state index >= 15 is 0 Å². The number of nitro benzene ring substituents is 1. The molecule has 0 atom stereocenters. The summed E-state index contributed by atoms with van der Waals surface area (Å²) in [4.78, 5) is 14.5. The molecule has 0 aromatic heterocycles. The van der Waals surface area contributed by atoms with Crippen molar-refractivity contribution in [1.29, 1.82) is 0 Å². The third-order valence-electron chi connectivity index (χ3n) is 3.62. The zero-order valence-electron chi connectivity index (χ0n) is 14.0. The van der Waals surface area contributed by atoms with Gasteiger partial charge in [-0.1, -0.05) is 6.42 Å². The SMILES string of the molecule is O=[N+]([O-])c1ccc(C=Nc2ccc(OCCCCCCO)cc2)cc1. The van der Waals surface area contributed by atoms with Crippen molar-refractivity contribution in [3.8, 4) is 5.75 Å². The third kappa shape index (κ3) is 6.73. The molecule has 0 unspecified atom stereocenters. The molecule has 0 saturated heterocycles. The van der Waals surface area contributed by atoms with Gasteiger partial charge < -0.3 is 9.84 Å². The molecule has 6 heteroatoms. The van der Waals surface area contributed by atoms with Gasteiger partial charge in [-0.15, -0.1) is 0 Å². The maximum absolute atomic E-state index is 10.6. The molecular weight excluding hydrogens is 320 g/mol. The average Bonchev–Trinajstić information content (AvgIpc) is 2.64. The summed E-state index contributed by atoms with van der Waals surface area (Å²) in [5.41, 5.74) is 1.65. The number of rotatable bonds is 10. The number of unbranched alkanes of at least 4 members (excludes halogenated alkanes) is 3. The van der Waals surface area contributed by atoms with Crippen molar-refractivity contribution >= 4 is 17.6 Å². The highest BCUT2D eigenvalue weighted by molar-refractivity contribution is 5.82. The second-order valence-corrected chi connectivity index (χ2v) is 5.59. The highest BCUT2D eigenvalue weighted by atomic mass is 16.6. The van der Waals surface area contributed by atoms with Crippen LogP contribution in [0.1, 0.15) is 31.2 Å². The fourth-order valence-corrected chi connectivity index (χ4v) is 2.22. The largest absolute Gasteiger partial charge is 0.494 e. The van der Waals surface area contributed by atoms with E-state index in [4.69, 9.17) is 9.84 Å². The number of aliphatic hydroxyl groups is 1. The summed E-state index contributed by atoms with van der Waals surface area (Å²) >= 11 is 0. The van der Waals surface area contributed by atoms with Gasteiger partial charge in [-0.3, -0.25) is 15.1 Å². The number of non-ortho nitro benzene ring substituents is 1. The molecule has 2 aromatic carbocycles. The molecule has 2 rings (SSSR count). The number of aliphatic hydroxyl groups excluding tert-OH is 1. The zero-order chi connectivity index (χ0) is 17.9. The van der Waals surface area contributed by atoms with Gasteiger partial charge in [-0.25, -0.2) is 0 Å². The molecular formula is C19H22N2O4. The van der Waals surface area contributed by atoms with Crippen molar-refractivity contribution in [2.45, 2.75) is 25.7 Å². The van der Waals surface area contributed by atoms with Gasteiger partial charge in [-0.2, -0.15) is 0 Å². The van der Waals surface area contributed by atoms with Crippen LogP contribution in [0.5, 0.6) is 5.75 Å². The standard InChI is InChI=1S/C19H22N2O4/c22-13-3-1-2-4-14-25-19-11-7-17(8-12-19)20-15-16-5-9-18(10-6-16)21(23)24/h5-12,15,22H,1-4,13-14H2. The molecule has 0 heterocycles. The van der Waals surface area contributed by atoms with Gasteiger partial charge in [0.2, 0.25) is 0 Å². The Bertz CT molecular complexity index is 682. The van der Waals surface area contributed by atoms with Gasteiger partial charge >= 0.3 is 0 Å². The summed E-state index contributed by atoms with van der Waals surface area (Å²) < 4.78 is 5.66. The topological polar surface area (TPSA) is 85.0 Å². The Balaban J connectivity index is 1.80. The monoisotopic (exact) mass is 342 g/mol. The Hall–Kier alpha value is -2.73. The van der Waals surface area contributed by atoms with Crippen molar-refractivity contribution in [2.75, 3.05) is 13.2 Å². The van der Waals surface area contributed by atoms with Crippen molar-refractivity contribution in [2.24, 2.45) is 4.99 Å².